The average Bonchev–Trinajstić information content (AvgIpc) is 2.55. The van der Waals surface area contributed by atoms with Crippen LogP contribution in [0.4, 0.5) is 0 Å². The Bertz CT molecular complexity index is 465. The van der Waals surface area contributed by atoms with Crippen LogP contribution in [0, 0.1) is 6.92 Å². The molecule has 1 heterocycles. The highest BCUT2D eigenvalue weighted by atomic mass is 35.5. The molecule has 2 rings (SSSR count). The van der Waals surface area contributed by atoms with Crippen LogP contribution in [0.3, 0.4) is 0 Å². The van der Waals surface area contributed by atoms with Gasteiger partial charge in [0, 0.05) is 0 Å². The fraction of sp³-hybridized carbons (Fsp3) is 0.182. The van der Waals surface area contributed by atoms with E-state index in [0.29, 0.717) is 10.9 Å². The molecule has 78 valence electrons. The van der Waals surface area contributed by atoms with Crippen molar-refractivity contribution in [3.63, 3.8) is 0 Å². The zero-order valence-corrected chi connectivity index (χ0v) is 9.32. The van der Waals surface area contributed by atoms with Gasteiger partial charge in [0.2, 0.25) is 0 Å². The van der Waals surface area contributed by atoms with Crippen molar-refractivity contribution in [2.75, 3.05) is 7.11 Å². The van der Waals surface area contributed by atoms with Crippen LogP contribution in [0.15, 0.2) is 30.3 Å². The number of aryl methyl sites for hydroxylation is 1. The van der Waals surface area contributed by atoms with Crippen molar-refractivity contribution in [3.05, 3.63) is 41.2 Å². The zero-order chi connectivity index (χ0) is 10.8. The fourth-order valence-corrected chi connectivity index (χ4v) is 1.81. The summed E-state index contributed by atoms with van der Waals surface area (Å²) in [6, 6.07) is 9.71. The van der Waals surface area contributed by atoms with Crippen LogP contribution in [-0.2, 0) is 0 Å². The van der Waals surface area contributed by atoms with Crippen molar-refractivity contribution in [2.45, 2.75) is 6.92 Å². The third-order valence-electron chi connectivity index (χ3n) is 2.16. The van der Waals surface area contributed by atoms with Crippen molar-refractivity contribution < 1.29 is 4.74 Å². The summed E-state index contributed by atoms with van der Waals surface area (Å²) in [5, 5.41) is 4.81. The van der Waals surface area contributed by atoms with Crippen LogP contribution in [0.25, 0.3) is 5.69 Å². The molecule has 15 heavy (non-hydrogen) atoms. The minimum Gasteiger partial charge on any atom is -0.492 e. The van der Waals surface area contributed by atoms with Crippen molar-refractivity contribution in [2.24, 2.45) is 0 Å². The zero-order valence-electron chi connectivity index (χ0n) is 8.57. The summed E-state index contributed by atoms with van der Waals surface area (Å²) in [5.41, 5.74) is 1.71. The maximum atomic E-state index is 6.14. The predicted octanol–water partition coefficient (Wildman–Crippen LogP) is 2.84. The van der Waals surface area contributed by atoms with Gasteiger partial charge in [-0.1, -0.05) is 29.8 Å². The summed E-state index contributed by atoms with van der Waals surface area (Å²) in [5.74, 6) is 0.625. The second kappa shape index (κ2) is 3.95. The fourth-order valence-electron chi connectivity index (χ4n) is 1.46. The first-order chi connectivity index (χ1) is 7.24. The van der Waals surface area contributed by atoms with Gasteiger partial charge < -0.3 is 4.74 Å². The van der Waals surface area contributed by atoms with Gasteiger partial charge in [0.25, 0.3) is 0 Å². The second-order valence-corrected chi connectivity index (χ2v) is 3.51. The minimum absolute atomic E-state index is 0.501. The van der Waals surface area contributed by atoms with Gasteiger partial charge in [0.1, 0.15) is 5.69 Å². The lowest BCUT2D eigenvalue weighted by molar-refractivity contribution is 0.412. The summed E-state index contributed by atoms with van der Waals surface area (Å²) in [6.45, 7) is 1.87. The van der Waals surface area contributed by atoms with E-state index in [-0.39, 0.29) is 0 Å². The molecule has 1 aromatic carbocycles. The lowest BCUT2D eigenvalue weighted by Crippen LogP contribution is -1.95. The van der Waals surface area contributed by atoms with E-state index in [4.69, 9.17) is 16.3 Å². The summed E-state index contributed by atoms with van der Waals surface area (Å²) in [6.07, 6.45) is 0. The number of para-hydroxylation sites is 1. The molecule has 0 saturated heterocycles. The number of nitrogens with zero attached hydrogens (tertiary/aromatic N) is 2. The van der Waals surface area contributed by atoms with E-state index in [2.05, 4.69) is 5.10 Å². The van der Waals surface area contributed by atoms with Crippen molar-refractivity contribution in [1.82, 2.24) is 9.78 Å². The number of halogens is 1. The number of ether oxygens (including phenoxy) is 1. The molecule has 0 aliphatic rings. The SMILES string of the molecule is COc1c(C)nn(-c2ccccc2)c1Cl. The quantitative estimate of drug-likeness (QED) is 0.781. The molecule has 0 unspecified atom stereocenters. The van der Waals surface area contributed by atoms with Gasteiger partial charge in [-0.2, -0.15) is 5.10 Å². The molecule has 0 atom stereocenters. The molecule has 0 radical (unpaired) electrons. The van der Waals surface area contributed by atoms with Crippen molar-refractivity contribution >= 4 is 11.6 Å². The molecule has 3 nitrogen and oxygen atoms in total. The molecule has 0 N–H and O–H groups in total. The average molecular weight is 223 g/mol. The topological polar surface area (TPSA) is 27.1 Å². The van der Waals surface area contributed by atoms with Crippen LogP contribution in [0.5, 0.6) is 5.75 Å². The van der Waals surface area contributed by atoms with Crippen LogP contribution >= 0.6 is 11.6 Å². The van der Waals surface area contributed by atoms with Gasteiger partial charge in [-0.05, 0) is 19.1 Å². The maximum absolute atomic E-state index is 6.14. The number of methoxy groups -OCH3 is 1. The Kier molecular flexibility index (Phi) is 2.64. The minimum atomic E-state index is 0.501. The molecule has 0 spiro atoms. The van der Waals surface area contributed by atoms with Crippen LogP contribution in [-0.4, -0.2) is 16.9 Å². The Morgan fingerprint density at radius 1 is 1.27 bits per heavy atom. The third kappa shape index (κ3) is 1.70. The number of rotatable bonds is 2. The van der Waals surface area contributed by atoms with Crippen molar-refractivity contribution in [1.29, 1.82) is 0 Å². The van der Waals surface area contributed by atoms with Gasteiger partial charge in [-0.15, -0.1) is 0 Å². The number of hydrogen-bond donors (Lipinski definition) is 0. The molecular weight excluding hydrogens is 212 g/mol. The van der Waals surface area contributed by atoms with Crippen molar-refractivity contribution in [3.8, 4) is 11.4 Å². The highest BCUT2D eigenvalue weighted by molar-refractivity contribution is 6.31. The Morgan fingerprint density at radius 2 is 1.93 bits per heavy atom. The molecule has 0 aliphatic carbocycles. The van der Waals surface area contributed by atoms with Crippen LogP contribution in [0.1, 0.15) is 5.69 Å². The van der Waals surface area contributed by atoms with E-state index in [0.717, 1.165) is 11.4 Å². The summed E-state index contributed by atoms with van der Waals surface area (Å²) >= 11 is 6.14. The number of hydrogen-bond acceptors (Lipinski definition) is 2. The standard InChI is InChI=1S/C11H11ClN2O/c1-8-10(15-2)11(12)14(13-8)9-6-4-3-5-7-9/h3-7H,1-2H3. The predicted molar refractivity (Wildman–Crippen MR) is 59.9 cm³/mol. The van der Waals surface area contributed by atoms with Crippen LogP contribution in [0.2, 0.25) is 5.15 Å². The van der Waals surface area contributed by atoms with Gasteiger partial charge in [0.15, 0.2) is 10.9 Å². The molecule has 1 aromatic heterocycles. The first-order valence-corrected chi connectivity index (χ1v) is 4.96. The Hall–Kier alpha value is -1.48. The van der Waals surface area contributed by atoms with E-state index >= 15 is 0 Å². The van der Waals surface area contributed by atoms with E-state index in [1.54, 1.807) is 11.8 Å². The Balaban J connectivity index is 2.55. The van der Waals surface area contributed by atoms with E-state index in [1.165, 1.54) is 0 Å². The third-order valence-corrected chi connectivity index (χ3v) is 2.49. The first kappa shape index (κ1) is 10.1. The van der Waals surface area contributed by atoms with Gasteiger partial charge >= 0.3 is 0 Å². The van der Waals surface area contributed by atoms with Gasteiger partial charge in [-0.25, -0.2) is 4.68 Å². The number of aromatic nitrogens is 2. The first-order valence-electron chi connectivity index (χ1n) is 4.58. The summed E-state index contributed by atoms with van der Waals surface area (Å²) in [7, 11) is 1.59. The van der Waals surface area contributed by atoms with E-state index < -0.39 is 0 Å². The molecule has 0 aliphatic heterocycles. The smallest absolute Gasteiger partial charge is 0.179 e. The largest absolute Gasteiger partial charge is 0.492 e. The van der Waals surface area contributed by atoms with Crippen LogP contribution < -0.4 is 4.74 Å². The maximum Gasteiger partial charge on any atom is 0.179 e. The molecule has 0 bridgehead atoms. The Labute approximate surface area is 93.2 Å². The lowest BCUT2D eigenvalue weighted by atomic mass is 10.3. The number of benzene rings is 1. The lowest BCUT2D eigenvalue weighted by Gasteiger charge is -2.02. The second-order valence-electron chi connectivity index (χ2n) is 3.16. The van der Waals surface area contributed by atoms with Gasteiger partial charge in [0.05, 0.1) is 12.8 Å². The molecule has 0 amide bonds. The normalized spacial score (nSPS) is 10.3. The molecule has 0 saturated carbocycles. The Morgan fingerprint density at radius 3 is 2.47 bits per heavy atom. The van der Waals surface area contributed by atoms with Gasteiger partial charge in [-0.3, -0.25) is 0 Å². The molecule has 4 heteroatoms. The molecule has 0 fully saturated rings. The summed E-state index contributed by atoms with van der Waals surface area (Å²) in [4.78, 5) is 0. The molecular formula is C11H11ClN2O. The molecule has 2 aromatic rings. The summed E-state index contributed by atoms with van der Waals surface area (Å²) < 4.78 is 6.83. The van der Waals surface area contributed by atoms with E-state index in [9.17, 15) is 0 Å². The van der Waals surface area contributed by atoms with E-state index in [1.807, 2.05) is 37.3 Å². The highest BCUT2D eigenvalue weighted by Crippen LogP contribution is 2.29. The highest BCUT2D eigenvalue weighted by Gasteiger charge is 2.14. The monoisotopic (exact) mass is 222 g/mol.